The lowest BCUT2D eigenvalue weighted by molar-refractivity contribution is -0.384. The van der Waals surface area contributed by atoms with Crippen LogP contribution in [0.4, 0.5) is 5.69 Å². The summed E-state index contributed by atoms with van der Waals surface area (Å²) in [5, 5.41) is 10.6. The third-order valence-corrected chi connectivity index (χ3v) is 4.15. The van der Waals surface area contributed by atoms with Crippen molar-refractivity contribution in [1.82, 2.24) is 0 Å². The Morgan fingerprint density at radius 1 is 1.15 bits per heavy atom. The number of hydrogen-bond acceptors (Lipinski definition) is 2. The van der Waals surface area contributed by atoms with Gasteiger partial charge in [-0.15, -0.1) is 0 Å². The van der Waals surface area contributed by atoms with E-state index >= 15 is 0 Å². The quantitative estimate of drug-likeness (QED) is 0.454. The second-order valence-electron chi connectivity index (χ2n) is 4.96. The highest BCUT2D eigenvalue weighted by Crippen LogP contribution is 2.30. The van der Waals surface area contributed by atoms with Gasteiger partial charge in [-0.1, -0.05) is 51.8 Å². The molecular formula is C16H16BrNO2. The van der Waals surface area contributed by atoms with E-state index in [1.165, 1.54) is 16.7 Å². The van der Waals surface area contributed by atoms with Crippen molar-refractivity contribution in [3.05, 3.63) is 74.8 Å². The summed E-state index contributed by atoms with van der Waals surface area (Å²) in [5.41, 5.74) is 4.96. The van der Waals surface area contributed by atoms with E-state index in [2.05, 4.69) is 48.0 Å². The molecule has 1 unspecified atom stereocenters. The van der Waals surface area contributed by atoms with Gasteiger partial charge in [-0.05, 0) is 37.0 Å². The summed E-state index contributed by atoms with van der Waals surface area (Å²) in [7, 11) is 0. The molecule has 0 fully saturated rings. The molecule has 0 aliphatic rings. The summed E-state index contributed by atoms with van der Waals surface area (Å²) >= 11 is 3.72. The number of benzene rings is 2. The molecule has 0 amide bonds. The maximum Gasteiger partial charge on any atom is 0.269 e. The zero-order valence-electron chi connectivity index (χ0n) is 11.5. The van der Waals surface area contributed by atoms with Gasteiger partial charge in [0.2, 0.25) is 0 Å². The van der Waals surface area contributed by atoms with E-state index in [-0.39, 0.29) is 15.4 Å². The van der Waals surface area contributed by atoms with Gasteiger partial charge in [-0.25, -0.2) is 0 Å². The number of aryl methyl sites for hydroxylation is 2. The average Bonchev–Trinajstić information content (AvgIpc) is 2.42. The Labute approximate surface area is 126 Å². The summed E-state index contributed by atoms with van der Waals surface area (Å²) in [4.78, 5) is 10.5. The molecule has 20 heavy (non-hydrogen) atoms. The summed E-state index contributed by atoms with van der Waals surface area (Å²) < 4.78 is 0. The highest BCUT2D eigenvalue weighted by Gasteiger charge is 2.12. The fourth-order valence-corrected chi connectivity index (χ4v) is 3.04. The van der Waals surface area contributed by atoms with E-state index in [1.54, 1.807) is 12.1 Å². The fraction of sp³-hybridized carbons (Fsp3) is 0.250. The lowest BCUT2D eigenvalue weighted by atomic mass is 9.98. The van der Waals surface area contributed by atoms with Crippen LogP contribution in [0.5, 0.6) is 0 Å². The van der Waals surface area contributed by atoms with Crippen molar-refractivity contribution in [3.8, 4) is 0 Å². The van der Waals surface area contributed by atoms with E-state index in [9.17, 15) is 10.1 Å². The Balaban J connectivity index is 2.16. The van der Waals surface area contributed by atoms with Gasteiger partial charge in [-0.3, -0.25) is 10.1 Å². The van der Waals surface area contributed by atoms with Crippen molar-refractivity contribution in [2.24, 2.45) is 0 Å². The van der Waals surface area contributed by atoms with Crippen molar-refractivity contribution in [2.75, 3.05) is 0 Å². The van der Waals surface area contributed by atoms with Gasteiger partial charge in [0.15, 0.2) is 0 Å². The standard InChI is InChI=1S/C16H16BrNO2/c1-11-3-4-12(2)15(9-11)16(17)10-13-5-7-14(8-6-13)18(19)20/h3-9,16H,10H2,1-2H3. The van der Waals surface area contributed by atoms with Crippen molar-refractivity contribution in [1.29, 1.82) is 0 Å². The van der Waals surface area contributed by atoms with Crippen molar-refractivity contribution in [3.63, 3.8) is 0 Å². The number of hydrogen-bond donors (Lipinski definition) is 0. The van der Waals surface area contributed by atoms with Gasteiger partial charge in [0.25, 0.3) is 5.69 Å². The first kappa shape index (κ1) is 14.7. The van der Waals surface area contributed by atoms with Crippen LogP contribution in [0, 0.1) is 24.0 Å². The van der Waals surface area contributed by atoms with Crippen molar-refractivity contribution < 1.29 is 4.92 Å². The molecule has 0 radical (unpaired) electrons. The summed E-state index contributed by atoms with van der Waals surface area (Å²) in [6.45, 7) is 4.17. The molecule has 0 bridgehead atoms. The predicted molar refractivity (Wildman–Crippen MR) is 84.4 cm³/mol. The van der Waals surface area contributed by atoms with Crippen LogP contribution in [0.3, 0.4) is 0 Å². The molecule has 2 aromatic carbocycles. The minimum Gasteiger partial charge on any atom is -0.258 e. The Morgan fingerprint density at radius 3 is 2.40 bits per heavy atom. The number of rotatable bonds is 4. The van der Waals surface area contributed by atoms with Crippen LogP contribution in [0.25, 0.3) is 0 Å². The third-order valence-electron chi connectivity index (χ3n) is 3.33. The second-order valence-corrected chi connectivity index (χ2v) is 6.06. The van der Waals surface area contributed by atoms with E-state index in [0.717, 1.165) is 12.0 Å². The first-order valence-corrected chi connectivity index (χ1v) is 7.33. The topological polar surface area (TPSA) is 43.1 Å². The van der Waals surface area contributed by atoms with Crippen LogP contribution in [-0.2, 0) is 6.42 Å². The van der Waals surface area contributed by atoms with E-state index in [1.807, 2.05) is 12.1 Å². The third kappa shape index (κ3) is 3.45. The molecule has 2 rings (SSSR count). The fourth-order valence-electron chi connectivity index (χ4n) is 2.17. The molecular weight excluding hydrogens is 318 g/mol. The second kappa shape index (κ2) is 6.18. The van der Waals surface area contributed by atoms with Crippen molar-refractivity contribution in [2.45, 2.75) is 25.1 Å². The largest absolute Gasteiger partial charge is 0.269 e. The van der Waals surface area contributed by atoms with Crippen LogP contribution >= 0.6 is 15.9 Å². The number of alkyl halides is 1. The smallest absolute Gasteiger partial charge is 0.258 e. The maximum atomic E-state index is 10.6. The van der Waals surface area contributed by atoms with Crippen LogP contribution in [0.15, 0.2) is 42.5 Å². The molecule has 0 aliphatic carbocycles. The molecule has 0 heterocycles. The number of halogens is 1. The maximum absolute atomic E-state index is 10.6. The molecule has 3 nitrogen and oxygen atoms in total. The molecule has 0 saturated carbocycles. The Morgan fingerprint density at radius 2 is 1.80 bits per heavy atom. The molecule has 0 N–H and O–H groups in total. The minimum atomic E-state index is -0.375. The SMILES string of the molecule is Cc1ccc(C)c(C(Br)Cc2ccc([N+](=O)[O-])cc2)c1. The van der Waals surface area contributed by atoms with Gasteiger partial charge >= 0.3 is 0 Å². The molecule has 4 heteroatoms. The first-order chi connectivity index (χ1) is 9.47. The van der Waals surface area contributed by atoms with Gasteiger partial charge in [0, 0.05) is 17.0 Å². The van der Waals surface area contributed by atoms with Gasteiger partial charge < -0.3 is 0 Å². The monoisotopic (exact) mass is 333 g/mol. The Hall–Kier alpha value is -1.68. The van der Waals surface area contributed by atoms with Gasteiger partial charge in [-0.2, -0.15) is 0 Å². The van der Waals surface area contributed by atoms with Crippen LogP contribution in [0.2, 0.25) is 0 Å². The normalized spacial score (nSPS) is 12.2. The predicted octanol–water partition coefficient (Wildman–Crippen LogP) is 4.89. The number of nitrogens with zero attached hydrogens (tertiary/aromatic N) is 1. The summed E-state index contributed by atoms with van der Waals surface area (Å²) in [6, 6.07) is 13.1. The van der Waals surface area contributed by atoms with E-state index < -0.39 is 0 Å². The van der Waals surface area contributed by atoms with Crippen molar-refractivity contribution >= 4 is 21.6 Å². The number of nitro groups is 1. The van der Waals surface area contributed by atoms with E-state index in [4.69, 9.17) is 0 Å². The minimum absolute atomic E-state index is 0.131. The molecule has 0 saturated heterocycles. The highest BCUT2D eigenvalue weighted by atomic mass is 79.9. The lowest BCUT2D eigenvalue weighted by Gasteiger charge is -2.14. The van der Waals surface area contributed by atoms with Crippen LogP contribution in [-0.4, -0.2) is 4.92 Å². The first-order valence-electron chi connectivity index (χ1n) is 6.42. The Bertz CT molecular complexity index is 623. The van der Waals surface area contributed by atoms with E-state index in [0.29, 0.717) is 0 Å². The number of non-ortho nitro benzene ring substituents is 1. The molecule has 104 valence electrons. The average molecular weight is 334 g/mol. The van der Waals surface area contributed by atoms with Crippen LogP contribution < -0.4 is 0 Å². The summed E-state index contributed by atoms with van der Waals surface area (Å²) in [5.74, 6) is 0. The molecule has 1 atom stereocenters. The summed E-state index contributed by atoms with van der Waals surface area (Å²) in [6.07, 6.45) is 0.808. The molecule has 2 aromatic rings. The molecule has 0 spiro atoms. The van der Waals surface area contributed by atoms with Crippen LogP contribution in [0.1, 0.15) is 27.1 Å². The molecule has 0 aromatic heterocycles. The zero-order chi connectivity index (χ0) is 14.7. The lowest BCUT2D eigenvalue weighted by Crippen LogP contribution is -1.99. The van der Waals surface area contributed by atoms with Gasteiger partial charge in [0.1, 0.15) is 0 Å². The molecule has 0 aliphatic heterocycles. The zero-order valence-corrected chi connectivity index (χ0v) is 13.1. The number of nitro benzene ring substituents is 1. The van der Waals surface area contributed by atoms with Gasteiger partial charge in [0.05, 0.1) is 4.92 Å². The Kier molecular flexibility index (Phi) is 4.55. The highest BCUT2D eigenvalue weighted by molar-refractivity contribution is 9.09.